The average molecular weight is 600 g/mol. The molecule has 0 saturated carbocycles. The number of fused-ring (bicyclic) bond motifs is 2. The number of anilines is 1. The summed E-state index contributed by atoms with van der Waals surface area (Å²) in [5.74, 6) is -0.0506. The van der Waals surface area contributed by atoms with Crippen molar-refractivity contribution < 1.29 is 31.7 Å². The molecule has 9 nitrogen and oxygen atoms in total. The predicted molar refractivity (Wildman–Crippen MR) is 164 cm³/mol. The summed E-state index contributed by atoms with van der Waals surface area (Å²) in [5.41, 5.74) is 5.02. The number of hydrogen-bond donors (Lipinski definition) is 2. The van der Waals surface area contributed by atoms with Gasteiger partial charge < -0.3 is 14.5 Å². The molecule has 3 heterocycles. The van der Waals surface area contributed by atoms with Gasteiger partial charge in [-0.25, -0.2) is 22.8 Å². The summed E-state index contributed by atoms with van der Waals surface area (Å²) in [6.07, 6.45) is 2.94. The largest absolute Gasteiger partial charge is 0.497 e. The molecule has 11 heteroatoms. The van der Waals surface area contributed by atoms with E-state index in [0.29, 0.717) is 39.1 Å². The monoisotopic (exact) mass is 599 g/mol. The molecule has 0 saturated heterocycles. The summed E-state index contributed by atoms with van der Waals surface area (Å²) in [6, 6.07) is 20.5. The zero-order valence-electron chi connectivity index (χ0n) is 23.8. The summed E-state index contributed by atoms with van der Waals surface area (Å²) >= 11 is 0. The number of carbonyl (C=O) groups is 1. The van der Waals surface area contributed by atoms with E-state index in [2.05, 4.69) is 15.3 Å². The van der Waals surface area contributed by atoms with Gasteiger partial charge >= 0.3 is 0 Å². The van der Waals surface area contributed by atoms with Gasteiger partial charge in [-0.3, -0.25) is 9.10 Å². The number of carbonyl (C=O) groups excluding carboxylic acids is 1. The van der Waals surface area contributed by atoms with Gasteiger partial charge in [0.25, 0.3) is 11.6 Å². The van der Waals surface area contributed by atoms with Crippen molar-refractivity contribution in [1.29, 1.82) is 0 Å². The fraction of sp³-hybridized carbons (Fsp3) is 0.125. The number of H-pyrrole nitrogens is 2. The van der Waals surface area contributed by atoms with Crippen LogP contribution in [0.5, 0.6) is 5.75 Å². The van der Waals surface area contributed by atoms with Gasteiger partial charge in [0.05, 0.1) is 36.2 Å². The fourth-order valence-corrected chi connectivity index (χ4v) is 5.65. The molecule has 43 heavy (non-hydrogen) atoms. The van der Waals surface area contributed by atoms with Gasteiger partial charge in [-0.15, -0.1) is 0 Å². The maximum Gasteiger partial charge on any atom is 0.284 e. The van der Waals surface area contributed by atoms with Gasteiger partial charge in [0.15, 0.2) is 0 Å². The molecular formula is C32H28FN4O5S+. The highest BCUT2D eigenvalue weighted by Crippen LogP contribution is 2.43. The molecule has 0 atom stereocenters. The van der Waals surface area contributed by atoms with Crippen LogP contribution >= 0.6 is 0 Å². The second kappa shape index (κ2) is 10.6. The van der Waals surface area contributed by atoms with Crippen molar-refractivity contribution >= 4 is 43.6 Å². The van der Waals surface area contributed by atoms with Crippen molar-refractivity contribution in [1.82, 2.24) is 10.3 Å². The number of ether oxygens (including phenoxy) is 1. The zero-order chi connectivity index (χ0) is 30.5. The Morgan fingerprint density at radius 2 is 1.77 bits per heavy atom. The van der Waals surface area contributed by atoms with E-state index < -0.39 is 21.7 Å². The lowest BCUT2D eigenvalue weighted by Crippen LogP contribution is -2.25. The third kappa shape index (κ3) is 5.08. The van der Waals surface area contributed by atoms with Gasteiger partial charge in [0.2, 0.25) is 10.0 Å². The second-order valence-corrected chi connectivity index (χ2v) is 12.1. The summed E-state index contributed by atoms with van der Waals surface area (Å²) in [4.78, 5) is 19.8. The van der Waals surface area contributed by atoms with Crippen LogP contribution in [0.4, 0.5) is 10.1 Å². The quantitative estimate of drug-likeness (QED) is 0.247. The molecular weight excluding hydrogens is 571 g/mol. The lowest BCUT2D eigenvalue weighted by molar-refractivity contribution is -0.347. The van der Waals surface area contributed by atoms with Crippen molar-refractivity contribution in [3.63, 3.8) is 0 Å². The lowest BCUT2D eigenvalue weighted by Gasteiger charge is -2.21. The molecule has 0 radical (unpaired) electrons. The molecule has 0 spiro atoms. The topological polar surface area (TPSA) is 119 Å². The molecule has 0 fully saturated rings. The molecule has 1 amide bonds. The van der Waals surface area contributed by atoms with Crippen LogP contribution in [0.1, 0.15) is 10.4 Å². The number of furan rings is 1. The van der Waals surface area contributed by atoms with Crippen LogP contribution in [-0.2, 0) is 10.0 Å². The smallest absolute Gasteiger partial charge is 0.284 e. The first-order valence-corrected chi connectivity index (χ1v) is 15.1. The molecule has 6 aromatic rings. The third-order valence-electron chi connectivity index (χ3n) is 7.42. The van der Waals surface area contributed by atoms with Crippen LogP contribution < -0.4 is 19.3 Å². The van der Waals surface area contributed by atoms with Crippen molar-refractivity contribution in [3.05, 3.63) is 90.4 Å². The Labute approximate surface area is 247 Å². The summed E-state index contributed by atoms with van der Waals surface area (Å²) in [7, 11) is 0.821. The molecule has 218 valence electrons. The molecule has 0 aliphatic heterocycles. The van der Waals surface area contributed by atoms with E-state index in [9.17, 15) is 17.6 Å². The minimum absolute atomic E-state index is 0.236. The summed E-state index contributed by atoms with van der Waals surface area (Å²) in [6.45, 7) is 0. The fourth-order valence-electron chi connectivity index (χ4n) is 5.15. The highest BCUT2D eigenvalue weighted by Gasteiger charge is 2.26. The van der Waals surface area contributed by atoms with E-state index in [1.807, 2.05) is 36.5 Å². The number of amides is 1. The molecule has 3 aromatic heterocycles. The number of halogens is 1. The average Bonchev–Trinajstić information content (AvgIpc) is 3.61. The Morgan fingerprint density at radius 3 is 2.44 bits per heavy atom. The van der Waals surface area contributed by atoms with E-state index >= 15 is 0 Å². The van der Waals surface area contributed by atoms with Crippen LogP contribution in [0.3, 0.4) is 0 Å². The maximum atomic E-state index is 13.7. The number of aromatic nitrogens is 2. The third-order valence-corrected chi connectivity index (χ3v) is 8.61. The Hall–Kier alpha value is -5.16. The molecule has 0 aliphatic rings. The maximum absolute atomic E-state index is 13.7. The lowest BCUT2D eigenvalue weighted by atomic mass is 9.96. The molecule has 3 aromatic carbocycles. The summed E-state index contributed by atoms with van der Waals surface area (Å²) in [5, 5.41) is 4.11. The first-order valence-electron chi connectivity index (χ1n) is 13.3. The molecule has 0 unspecified atom stereocenters. The standard InChI is InChI=1S/C32H27FN4O5S/c1-34-32(38)29-25-16-24(20-12-21(14-23(13-20)41-3)26-15-19-6-5-11-35-31(19)36-26)27(37(2)43(4,39)40)17-28(25)42-30(29)18-7-9-22(33)10-8-18/h5-17H,1-4H3,(H,34,38)(H,35,36)/p+1. The van der Waals surface area contributed by atoms with E-state index in [-0.39, 0.29) is 11.3 Å². The number of benzene rings is 3. The highest BCUT2D eigenvalue weighted by molar-refractivity contribution is 7.92. The van der Waals surface area contributed by atoms with Crippen molar-refractivity contribution in [3.8, 4) is 39.5 Å². The SMILES string of the molecule is CNC(=O)c1c(-c2ccc(F)cc2)oc2cc(N(C)S(C)(=O)=O)c(-c3cc(OC)cc(-c4cc5ccc[nH+]c5[nH]4)c3)cc12. The number of rotatable bonds is 7. The van der Waals surface area contributed by atoms with Crippen LogP contribution in [-0.4, -0.2) is 46.8 Å². The van der Waals surface area contributed by atoms with Crippen LogP contribution in [0, 0.1) is 5.82 Å². The Kier molecular flexibility index (Phi) is 6.89. The number of aromatic amines is 2. The molecule has 0 aliphatic carbocycles. The first-order chi connectivity index (χ1) is 20.6. The van der Waals surface area contributed by atoms with Crippen molar-refractivity contribution in [2.45, 2.75) is 0 Å². The van der Waals surface area contributed by atoms with Gasteiger partial charge in [0, 0.05) is 48.3 Å². The highest BCUT2D eigenvalue weighted by atomic mass is 32.2. The number of hydrogen-bond acceptors (Lipinski definition) is 5. The second-order valence-electron chi connectivity index (χ2n) is 10.1. The minimum atomic E-state index is -3.70. The van der Waals surface area contributed by atoms with Crippen molar-refractivity contribution in [2.24, 2.45) is 0 Å². The van der Waals surface area contributed by atoms with E-state index in [1.165, 1.54) is 42.7 Å². The Balaban J connectivity index is 1.64. The number of sulfonamides is 1. The number of pyridine rings is 1. The normalized spacial score (nSPS) is 11.7. The van der Waals surface area contributed by atoms with E-state index in [4.69, 9.17) is 9.15 Å². The first kappa shape index (κ1) is 28.0. The van der Waals surface area contributed by atoms with Gasteiger partial charge in [-0.1, -0.05) is 0 Å². The van der Waals surface area contributed by atoms with E-state index in [1.54, 1.807) is 25.3 Å². The Morgan fingerprint density at radius 1 is 1.02 bits per heavy atom. The van der Waals surface area contributed by atoms with Crippen LogP contribution in [0.15, 0.2) is 83.4 Å². The predicted octanol–water partition coefficient (Wildman–Crippen LogP) is 5.63. The van der Waals surface area contributed by atoms with Gasteiger partial charge in [-0.05, 0) is 66.2 Å². The van der Waals surface area contributed by atoms with Gasteiger partial charge in [-0.2, -0.15) is 0 Å². The number of nitrogens with zero attached hydrogens (tertiary/aromatic N) is 1. The van der Waals surface area contributed by atoms with Gasteiger partial charge in [0.1, 0.15) is 28.6 Å². The molecule has 6 rings (SSSR count). The number of methoxy groups -OCH3 is 1. The summed E-state index contributed by atoms with van der Waals surface area (Å²) < 4.78 is 52.3. The van der Waals surface area contributed by atoms with Crippen LogP contribution in [0.25, 0.3) is 55.7 Å². The minimum Gasteiger partial charge on any atom is -0.497 e. The van der Waals surface area contributed by atoms with E-state index in [0.717, 1.165) is 28.5 Å². The van der Waals surface area contributed by atoms with Crippen LogP contribution in [0.2, 0.25) is 0 Å². The molecule has 0 bridgehead atoms. The Bertz CT molecular complexity index is 2100. The number of nitrogens with one attached hydrogen (secondary N) is 3. The molecule has 3 N–H and O–H groups in total. The van der Waals surface area contributed by atoms with Crippen molar-refractivity contribution in [2.75, 3.05) is 31.8 Å². The zero-order valence-corrected chi connectivity index (χ0v) is 24.6.